The van der Waals surface area contributed by atoms with Gasteiger partial charge in [-0.3, -0.25) is 4.79 Å². The number of aromatic nitrogens is 2. The number of nitrogens with zero attached hydrogens (tertiary/aromatic N) is 3. The Kier molecular flexibility index (Phi) is 5.19. The summed E-state index contributed by atoms with van der Waals surface area (Å²) in [5.74, 6) is 0.912. The van der Waals surface area contributed by atoms with Crippen molar-refractivity contribution in [3.8, 4) is 0 Å². The van der Waals surface area contributed by atoms with Crippen molar-refractivity contribution in [3.05, 3.63) is 35.5 Å². The lowest BCUT2D eigenvalue weighted by molar-refractivity contribution is -0.133. The van der Waals surface area contributed by atoms with Gasteiger partial charge in [-0.25, -0.2) is 9.97 Å². The number of carbonyl (C=O) groups is 1. The number of hydrogen-bond acceptors (Lipinski definition) is 6. The molecule has 3 rings (SSSR count). The molecule has 1 fully saturated rings. The van der Waals surface area contributed by atoms with Gasteiger partial charge in [0.1, 0.15) is 5.82 Å². The van der Waals surface area contributed by atoms with Crippen molar-refractivity contribution in [2.75, 3.05) is 25.6 Å². The van der Waals surface area contributed by atoms with Gasteiger partial charge in [0.2, 0.25) is 5.91 Å². The Morgan fingerprint density at radius 2 is 2.43 bits per heavy atom. The highest BCUT2D eigenvalue weighted by molar-refractivity contribution is 7.13. The van der Waals surface area contributed by atoms with Crippen LogP contribution in [-0.4, -0.2) is 41.0 Å². The first-order chi connectivity index (χ1) is 11.3. The Bertz CT molecular complexity index is 647. The van der Waals surface area contributed by atoms with E-state index in [1.807, 2.05) is 28.5 Å². The highest BCUT2D eigenvalue weighted by atomic mass is 32.1. The van der Waals surface area contributed by atoms with Crippen LogP contribution in [0, 0.1) is 0 Å². The summed E-state index contributed by atoms with van der Waals surface area (Å²) >= 11 is 1.54. The number of amides is 1. The minimum atomic E-state index is 0.0786. The molecule has 1 amide bonds. The Hall–Kier alpha value is -1.99. The van der Waals surface area contributed by atoms with Crippen LogP contribution in [-0.2, 0) is 9.53 Å². The van der Waals surface area contributed by atoms with Gasteiger partial charge < -0.3 is 15.0 Å². The summed E-state index contributed by atoms with van der Waals surface area (Å²) in [6, 6.07) is 5.78. The van der Waals surface area contributed by atoms with E-state index in [1.54, 1.807) is 13.3 Å². The van der Waals surface area contributed by atoms with Crippen molar-refractivity contribution in [1.82, 2.24) is 14.9 Å². The summed E-state index contributed by atoms with van der Waals surface area (Å²) < 4.78 is 5.01. The maximum atomic E-state index is 12.3. The molecule has 1 N–H and O–H groups in total. The van der Waals surface area contributed by atoms with Gasteiger partial charge in [-0.2, -0.15) is 0 Å². The quantitative estimate of drug-likeness (QED) is 0.881. The number of rotatable bonds is 6. The summed E-state index contributed by atoms with van der Waals surface area (Å²) in [4.78, 5) is 23.1. The average Bonchev–Trinajstić information content (AvgIpc) is 3.22. The van der Waals surface area contributed by atoms with E-state index in [2.05, 4.69) is 15.3 Å². The molecule has 1 atom stereocenters. The van der Waals surface area contributed by atoms with E-state index in [0.717, 1.165) is 36.0 Å². The van der Waals surface area contributed by atoms with Crippen molar-refractivity contribution in [3.63, 3.8) is 0 Å². The first kappa shape index (κ1) is 15.9. The van der Waals surface area contributed by atoms with Gasteiger partial charge in [0.15, 0.2) is 5.13 Å². The lowest BCUT2D eigenvalue weighted by atomic mass is 10.1. The fourth-order valence-electron chi connectivity index (χ4n) is 2.75. The van der Waals surface area contributed by atoms with E-state index in [1.165, 1.54) is 11.3 Å². The van der Waals surface area contributed by atoms with Gasteiger partial charge in [-0.05, 0) is 25.0 Å². The molecule has 1 aliphatic rings. The zero-order chi connectivity index (χ0) is 16.1. The molecule has 0 aliphatic carbocycles. The van der Waals surface area contributed by atoms with E-state index < -0.39 is 0 Å². The number of methoxy groups -OCH3 is 1. The van der Waals surface area contributed by atoms with Gasteiger partial charge in [-0.15, -0.1) is 11.3 Å². The van der Waals surface area contributed by atoms with Crippen LogP contribution in [0.3, 0.4) is 0 Å². The van der Waals surface area contributed by atoms with E-state index in [0.29, 0.717) is 13.0 Å². The third-order valence-electron chi connectivity index (χ3n) is 3.86. The van der Waals surface area contributed by atoms with Gasteiger partial charge in [0.05, 0.1) is 24.8 Å². The van der Waals surface area contributed by atoms with Crippen molar-refractivity contribution >= 4 is 28.2 Å². The van der Waals surface area contributed by atoms with Crippen LogP contribution in [0.4, 0.5) is 10.9 Å². The predicted octanol–water partition coefficient (Wildman–Crippen LogP) is 2.98. The second-order valence-corrected chi connectivity index (χ2v) is 6.26. The minimum absolute atomic E-state index is 0.0786. The van der Waals surface area contributed by atoms with E-state index >= 15 is 0 Å². The van der Waals surface area contributed by atoms with Crippen molar-refractivity contribution < 1.29 is 9.53 Å². The maximum absolute atomic E-state index is 12.3. The zero-order valence-electron chi connectivity index (χ0n) is 13.1. The molecule has 0 unspecified atom stereocenters. The first-order valence-corrected chi connectivity index (χ1v) is 8.58. The van der Waals surface area contributed by atoms with E-state index in [-0.39, 0.29) is 11.9 Å². The molecule has 2 aromatic rings. The molecular formula is C16H20N4O2S. The SMILES string of the molecule is COCCC(=O)N1CCC[C@H]1c1csc(Nc2ccccn2)n1. The molecule has 0 spiro atoms. The van der Waals surface area contributed by atoms with Crippen LogP contribution in [0.5, 0.6) is 0 Å². The summed E-state index contributed by atoms with van der Waals surface area (Å²) in [6.45, 7) is 1.26. The number of likely N-dealkylation sites (tertiary alicyclic amines) is 1. The topological polar surface area (TPSA) is 67.3 Å². The van der Waals surface area contributed by atoms with Crippen LogP contribution < -0.4 is 5.32 Å². The molecule has 122 valence electrons. The Balaban J connectivity index is 1.68. The van der Waals surface area contributed by atoms with Gasteiger partial charge in [0.25, 0.3) is 0 Å². The Morgan fingerprint density at radius 3 is 3.22 bits per heavy atom. The Labute approximate surface area is 139 Å². The molecule has 0 aromatic carbocycles. The molecular weight excluding hydrogens is 312 g/mol. The highest BCUT2D eigenvalue weighted by Gasteiger charge is 2.31. The van der Waals surface area contributed by atoms with Gasteiger partial charge in [0, 0.05) is 25.2 Å². The first-order valence-electron chi connectivity index (χ1n) is 7.70. The van der Waals surface area contributed by atoms with Crippen molar-refractivity contribution in [2.24, 2.45) is 0 Å². The maximum Gasteiger partial charge on any atom is 0.225 e. The van der Waals surface area contributed by atoms with Crippen LogP contribution >= 0.6 is 11.3 Å². The molecule has 1 aliphatic heterocycles. The van der Waals surface area contributed by atoms with E-state index in [9.17, 15) is 4.79 Å². The second kappa shape index (κ2) is 7.52. The van der Waals surface area contributed by atoms with Crippen molar-refractivity contribution in [1.29, 1.82) is 0 Å². The molecule has 0 bridgehead atoms. The van der Waals surface area contributed by atoms with Gasteiger partial charge in [-0.1, -0.05) is 6.07 Å². The van der Waals surface area contributed by atoms with Crippen LogP contribution in [0.1, 0.15) is 31.0 Å². The number of hydrogen-bond donors (Lipinski definition) is 1. The Morgan fingerprint density at radius 1 is 1.52 bits per heavy atom. The lowest BCUT2D eigenvalue weighted by Gasteiger charge is -2.23. The molecule has 3 heterocycles. The lowest BCUT2D eigenvalue weighted by Crippen LogP contribution is -2.31. The smallest absolute Gasteiger partial charge is 0.225 e. The van der Waals surface area contributed by atoms with Crippen LogP contribution in [0.2, 0.25) is 0 Å². The molecule has 6 nitrogen and oxygen atoms in total. The van der Waals surface area contributed by atoms with Crippen LogP contribution in [0.25, 0.3) is 0 Å². The number of carbonyl (C=O) groups excluding carboxylic acids is 1. The summed E-state index contributed by atoms with van der Waals surface area (Å²) in [5.41, 5.74) is 0.955. The number of thiazole rings is 1. The number of anilines is 2. The molecule has 7 heteroatoms. The molecule has 0 radical (unpaired) electrons. The number of nitrogens with one attached hydrogen (secondary N) is 1. The normalized spacial score (nSPS) is 17.4. The summed E-state index contributed by atoms with van der Waals surface area (Å²) in [6.07, 6.45) is 4.15. The monoisotopic (exact) mass is 332 g/mol. The second-order valence-electron chi connectivity index (χ2n) is 5.41. The molecule has 1 saturated heterocycles. The zero-order valence-corrected chi connectivity index (χ0v) is 13.9. The largest absolute Gasteiger partial charge is 0.384 e. The van der Waals surface area contributed by atoms with Crippen LogP contribution in [0.15, 0.2) is 29.8 Å². The summed E-state index contributed by atoms with van der Waals surface area (Å²) in [5, 5.41) is 6.03. The predicted molar refractivity (Wildman–Crippen MR) is 89.8 cm³/mol. The fourth-order valence-corrected chi connectivity index (χ4v) is 3.51. The third-order valence-corrected chi connectivity index (χ3v) is 4.63. The summed E-state index contributed by atoms with van der Waals surface area (Å²) in [7, 11) is 1.62. The molecule has 23 heavy (non-hydrogen) atoms. The standard InChI is InChI=1S/C16H20N4O2S/c1-22-10-7-15(21)20-9-4-5-13(20)12-11-23-16(18-12)19-14-6-2-3-8-17-14/h2-3,6,8,11,13H,4-5,7,9-10H2,1H3,(H,17,18,19)/t13-/m0/s1. The van der Waals surface area contributed by atoms with E-state index in [4.69, 9.17) is 4.74 Å². The minimum Gasteiger partial charge on any atom is -0.384 e. The third kappa shape index (κ3) is 3.86. The fraction of sp³-hybridized carbons (Fsp3) is 0.438. The van der Waals surface area contributed by atoms with Crippen molar-refractivity contribution in [2.45, 2.75) is 25.3 Å². The molecule has 2 aromatic heterocycles. The van der Waals surface area contributed by atoms with Gasteiger partial charge >= 0.3 is 0 Å². The average molecular weight is 332 g/mol. The molecule has 0 saturated carbocycles. The number of pyridine rings is 1. The number of ether oxygens (including phenoxy) is 1. The highest BCUT2D eigenvalue weighted by Crippen LogP contribution is 2.34.